The summed E-state index contributed by atoms with van der Waals surface area (Å²) in [6.07, 6.45) is 2.67. The van der Waals surface area contributed by atoms with Crippen LogP contribution < -0.4 is 0 Å². The molecule has 0 atom stereocenters. The summed E-state index contributed by atoms with van der Waals surface area (Å²) in [4.78, 5) is 18.6. The minimum atomic E-state index is 0.128. The number of amides is 1. The number of carbonyl (C=O) groups excluding carboxylic acids is 1. The summed E-state index contributed by atoms with van der Waals surface area (Å²) in [5.74, 6) is 0.128. The van der Waals surface area contributed by atoms with Crippen molar-refractivity contribution in [3.8, 4) is 0 Å². The fourth-order valence-electron chi connectivity index (χ4n) is 2.14. The average Bonchev–Trinajstić information content (AvgIpc) is 2.84. The maximum Gasteiger partial charge on any atom is 0.255 e. The third-order valence-corrected chi connectivity index (χ3v) is 4.85. The Hall–Kier alpha value is -0.950. The largest absolute Gasteiger partial charge is 0.334 e. The van der Waals surface area contributed by atoms with Crippen molar-refractivity contribution in [2.45, 2.75) is 13.0 Å². The molecular weight excluding hydrogens is 359 g/mol. The summed E-state index contributed by atoms with van der Waals surface area (Å²) in [6, 6.07) is 5.94. The van der Waals surface area contributed by atoms with Gasteiger partial charge in [0.1, 0.15) is 0 Å². The van der Waals surface area contributed by atoms with E-state index in [1.807, 2.05) is 28.6 Å². The summed E-state index contributed by atoms with van der Waals surface area (Å²) in [6.45, 7) is 1.43. The SMILES string of the molecule is O=C(c1csc(I)c1)N1CCc2ncccc2C1. The van der Waals surface area contributed by atoms with Crippen molar-refractivity contribution in [3.05, 3.63) is 49.5 Å². The number of pyridine rings is 1. The molecule has 0 saturated heterocycles. The second-order valence-corrected chi connectivity index (χ2v) is 7.03. The highest BCUT2D eigenvalue weighted by Gasteiger charge is 2.22. The zero-order valence-corrected chi connectivity index (χ0v) is 12.6. The molecule has 0 aliphatic carbocycles. The van der Waals surface area contributed by atoms with Crippen LogP contribution in [0.15, 0.2) is 29.8 Å². The molecule has 0 bridgehead atoms. The van der Waals surface area contributed by atoms with Gasteiger partial charge in [-0.2, -0.15) is 0 Å². The van der Waals surface area contributed by atoms with Crippen LogP contribution in [0.2, 0.25) is 0 Å². The average molecular weight is 370 g/mol. The molecule has 92 valence electrons. The lowest BCUT2D eigenvalue weighted by Crippen LogP contribution is -2.36. The van der Waals surface area contributed by atoms with E-state index in [1.54, 1.807) is 11.3 Å². The first-order valence-electron chi connectivity index (χ1n) is 5.70. The molecule has 5 heteroatoms. The van der Waals surface area contributed by atoms with Gasteiger partial charge in [-0.3, -0.25) is 9.78 Å². The van der Waals surface area contributed by atoms with E-state index in [9.17, 15) is 4.79 Å². The normalized spacial score (nSPS) is 14.4. The Morgan fingerprint density at radius 1 is 1.50 bits per heavy atom. The van der Waals surface area contributed by atoms with E-state index in [-0.39, 0.29) is 5.91 Å². The van der Waals surface area contributed by atoms with E-state index < -0.39 is 0 Å². The van der Waals surface area contributed by atoms with Gasteiger partial charge in [0.15, 0.2) is 0 Å². The molecule has 0 fully saturated rings. The first-order valence-corrected chi connectivity index (χ1v) is 7.66. The van der Waals surface area contributed by atoms with Gasteiger partial charge in [0.05, 0.1) is 8.45 Å². The van der Waals surface area contributed by atoms with Gasteiger partial charge in [-0.1, -0.05) is 6.07 Å². The number of aromatic nitrogens is 1. The Morgan fingerprint density at radius 3 is 3.17 bits per heavy atom. The monoisotopic (exact) mass is 370 g/mol. The van der Waals surface area contributed by atoms with Crippen LogP contribution in [-0.2, 0) is 13.0 Å². The molecule has 2 aromatic heterocycles. The maximum atomic E-state index is 12.3. The Kier molecular flexibility index (Phi) is 3.34. The highest BCUT2D eigenvalue weighted by atomic mass is 127. The van der Waals surface area contributed by atoms with Crippen molar-refractivity contribution in [1.82, 2.24) is 9.88 Å². The zero-order chi connectivity index (χ0) is 12.5. The smallest absolute Gasteiger partial charge is 0.255 e. The Balaban J connectivity index is 1.82. The quantitative estimate of drug-likeness (QED) is 0.724. The Morgan fingerprint density at radius 2 is 2.39 bits per heavy atom. The molecule has 18 heavy (non-hydrogen) atoms. The number of hydrogen-bond donors (Lipinski definition) is 0. The second kappa shape index (κ2) is 4.97. The number of halogens is 1. The first kappa shape index (κ1) is 12.1. The molecule has 0 radical (unpaired) electrons. The summed E-state index contributed by atoms with van der Waals surface area (Å²) < 4.78 is 1.15. The van der Waals surface area contributed by atoms with Crippen LogP contribution >= 0.6 is 33.9 Å². The van der Waals surface area contributed by atoms with Crippen LogP contribution in [0.1, 0.15) is 21.6 Å². The van der Waals surface area contributed by atoms with Crippen molar-refractivity contribution >= 4 is 39.8 Å². The number of fused-ring (bicyclic) bond motifs is 1. The number of carbonyl (C=O) groups is 1. The Bertz CT molecular complexity index is 596. The zero-order valence-electron chi connectivity index (χ0n) is 9.60. The van der Waals surface area contributed by atoms with Gasteiger partial charge in [-0.15, -0.1) is 11.3 Å². The van der Waals surface area contributed by atoms with Crippen molar-refractivity contribution in [2.75, 3.05) is 6.54 Å². The summed E-state index contributed by atoms with van der Waals surface area (Å²) in [5.41, 5.74) is 3.10. The molecule has 3 rings (SSSR count). The van der Waals surface area contributed by atoms with Gasteiger partial charge in [-0.25, -0.2) is 0 Å². The number of thiophene rings is 1. The fraction of sp³-hybridized carbons (Fsp3) is 0.231. The standard InChI is InChI=1S/C13H11IN2OS/c14-12-6-10(8-18-12)13(17)16-5-3-11-9(7-16)2-1-4-15-11/h1-2,4,6,8H,3,5,7H2. The van der Waals surface area contributed by atoms with Gasteiger partial charge < -0.3 is 4.90 Å². The van der Waals surface area contributed by atoms with Crippen LogP contribution in [0.5, 0.6) is 0 Å². The molecule has 0 aromatic carbocycles. The molecule has 2 aromatic rings. The van der Waals surface area contributed by atoms with E-state index in [2.05, 4.69) is 33.6 Å². The van der Waals surface area contributed by atoms with E-state index in [0.717, 1.165) is 27.1 Å². The van der Waals surface area contributed by atoms with Gasteiger partial charge >= 0.3 is 0 Å². The van der Waals surface area contributed by atoms with Crippen molar-refractivity contribution in [2.24, 2.45) is 0 Å². The molecule has 3 nitrogen and oxygen atoms in total. The van der Waals surface area contributed by atoms with Gasteiger partial charge in [0, 0.05) is 36.8 Å². The maximum absolute atomic E-state index is 12.3. The number of nitrogens with zero attached hydrogens (tertiary/aromatic N) is 2. The lowest BCUT2D eigenvalue weighted by molar-refractivity contribution is 0.0734. The highest BCUT2D eigenvalue weighted by molar-refractivity contribution is 14.1. The van der Waals surface area contributed by atoms with Crippen LogP contribution in [0.25, 0.3) is 0 Å². The minimum Gasteiger partial charge on any atom is -0.334 e. The summed E-state index contributed by atoms with van der Waals surface area (Å²) in [7, 11) is 0. The van der Waals surface area contributed by atoms with Crippen LogP contribution in [0, 0.1) is 2.88 Å². The molecule has 3 heterocycles. The third kappa shape index (κ3) is 2.29. The number of hydrogen-bond acceptors (Lipinski definition) is 3. The van der Waals surface area contributed by atoms with Crippen LogP contribution in [-0.4, -0.2) is 22.3 Å². The fourth-order valence-corrected chi connectivity index (χ4v) is 3.46. The van der Waals surface area contributed by atoms with Gasteiger partial charge in [-0.05, 0) is 40.3 Å². The molecular formula is C13H11IN2OS. The predicted octanol–water partition coefficient (Wildman–Crippen LogP) is 2.95. The molecule has 0 unspecified atom stereocenters. The van der Waals surface area contributed by atoms with E-state index >= 15 is 0 Å². The first-order chi connectivity index (χ1) is 8.74. The minimum absolute atomic E-state index is 0.128. The Labute approximate surface area is 123 Å². The highest BCUT2D eigenvalue weighted by Crippen LogP contribution is 2.22. The predicted molar refractivity (Wildman–Crippen MR) is 79.7 cm³/mol. The van der Waals surface area contributed by atoms with Crippen molar-refractivity contribution < 1.29 is 4.79 Å². The van der Waals surface area contributed by atoms with Gasteiger partial charge in [0.2, 0.25) is 0 Å². The molecule has 0 spiro atoms. The lowest BCUT2D eigenvalue weighted by atomic mass is 10.1. The number of rotatable bonds is 1. The molecule has 0 saturated carbocycles. The topological polar surface area (TPSA) is 33.2 Å². The van der Waals surface area contributed by atoms with E-state index in [0.29, 0.717) is 6.54 Å². The van der Waals surface area contributed by atoms with E-state index in [4.69, 9.17) is 0 Å². The molecule has 1 amide bonds. The summed E-state index contributed by atoms with van der Waals surface area (Å²) >= 11 is 3.85. The molecule has 0 N–H and O–H groups in total. The van der Waals surface area contributed by atoms with E-state index in [1.165, 1.54) is 5.56 Å². The lowest BCUT2D eigenvalue weighted by Gasteiger charge is -2.27. The second-order valence-electron chi connectivity index (χ2n) is 4.23. The van der Waals surface area contributed by atoms with Crippen molar-refractivity contribution in [1.29, 1.82) is 0 Å². The molecule has 1 aliphatic heterocycles. The van der Waals surface area contributed by atoms with Gasteiger partial charge in [0.25, 0.3) is 5.91 Å². The van der Waals surface area contributed by atoms with Crippen molar-refractivity contribution in [3.63, 3.8) is 0 Å². The molecule has 1 aliphatic rings. The third-order valence-electron chi connectivity index (χ3n) is 3.07. The summed E-state index contributed by atoms with van der Waals surface area (Å²) in [5, 5.41) is 1.93. The van der Waals surface area contributed by atoms with Crippen LogP contribution in [0.4, 0.5) is 0 Å². The van der Waals surface area contributed by atoms with Crippen LogP contribution in [0.3, 0.4) is 0 Å².